The van der Waals surface area contributed by atoms with Gasteiger partial charge in [-0.2, -0.15) is 0 Å². The minimum atomic E-state index is -0.907. The van der Waals surface area contributed by atoms with Crippen molar-refractivity contribution in [3.8, 4) is 0 Å². The van der Waals surface area contributed by atoms with Crippen LogP contribution in [0.15, 0.2) is 24.5 Å². The fourth-order valence-corrected chi connectivity index (χ4v) is 2.59. The van der Waals surface area contributed by atoms with E-state index in [2.05, 4.69) is 9.55 Å². The van der Waals surface area contributed by atoms with E-state index in [1.54, 1.807) is 24.5 Å². The summed E-state index contributed by atoms with van der Waals surface area (Å²) in [4.78, 5) is 15.3. The smallest absolute Gasteiger partial charge is 0.335 e. The maximum Gasteiger partial charge on any atom is 0.335 e. The van der Waals surface area contributed by atoms with Crippen molar-refractivity contribution in [1.29, 1.82) is 0 Å². The van der Waals surface area contributed by atoms with E-state index in [4.69, 9.17) is 9.84 Å². The molecule has 0 atom stereocenters. The summed E-state index contributed by atoms with van der Waals surface area (Å²) in [6, 6.07) is 5.41. The third-order valence-corrected chi connectivity index (χ3v) is 3.69. The summed E-state index contributed by atoms with van der Waals surface area (Å²) in [5.74, 6) is -0.907. The lowest BCUT2D eigenvalue weighted by Crippen LogP contribution is -2.33. The van der Waals surface area contributed by atoms with Gasteiger partial charge in [0.2, 0.25) is 0 Å². The highest BCUT2D eigenvalue weighted by Crippen LogP contribution is 2.36. The maximum atomic E-state index is 11.0. The Morgan fingerprint density at radius 3 is 3.00 bits per heavy atom. The van der Waals surface area contributed by atoms with Crippen LogP contribution in [0.2, 0.25) is 0 Å². The van der Waals surface area contributed by atoms with E-state index in [1.165, 1.54) is 0 Å². The molecule has 1 aliphatic carbocycles. The van der Waals surface area contributed by atoms with Gasteiger partial charge >= 0.3 is 5.97 Å². The largest absolute Gasteiger partial charge is 0.478 e. The van der Waals surface area contributed by atoms with Crippen LogP contribution in [0.4, 0.5) is 0 Å². The van der Waals surface area contributed by atoms with Crippen molar-refractivity contribution in [3.63, 3.8) is 0 Å². The molecule has 1 saturated carbocycles. The number of imidazole rings is 1. The fourth-order valence-electron chi connectivity index (χ4n) is 2.59. The van der Waals surface area contributed by atoms with Gasteiger partial charge in [-0.25, -0.2) is 9.78 Å². The lowest BCUT2D eigenvalue weighted by molar-refractivity contribution is -0.0187. The monoisotopic (exact) mass is 260 g/mol. The Bertz CT molecular complexity index is 614. The highest BCUT2D eigenvalue weighted by molar-refractivity contribution is 5.92. The zero-order valence-corrected chi connectivity index (χ0v) is 10.7. The number of fused-ring (bicyclic) bond motifs is 1. The normalized spacial score (nSPS) is 22.4. The van der Waals surface area contributed by atoms with Crippen LogP contribution in [0.3, 0.4) is 0 Å². The number of benzene rings is 1. The molecule has 1 aromatic heterocycles. The lowest BCUT2D eigenvalue weighted by Gasteiger charge is -2.36. The number of nitrogens with zero attached hydrogens (tertiary/aromatic N) is 2. The Morgan fingerprint density at radius 1 is 1.53 bits per heavy atom. The first-order valence-electron chi connectivity index (χ1n) is 6.50. The summed E-state index contributed by atoms with van der Waals surface area (Å²) < 4.78 is 7.62. The van der Waals surface area contributed by atoms with Gasteiger partial charge in [0.25, 0.3) is 0 Å². The number of rotatable bonds is 4. The van der Waals surface area contributed by atoms with E-state index >= 15 is 0 Å². The summed E-state index contributed by atoms with van der Waals surface area (Å²) in [6.45, 7) is 2.74. The molecule has 0 saturated heterocycles. The fraction of sp³-hybridized carbons (Fsp3) is 0.429. The summed E-state index contributed by atoms with van der Waals surface area (Å²) >= 11 is 0. The Labute approximate surface area is 110 Å². The molecule has 19 heavy (non-hydrogen) atoms. The van der Waals surface area contributed by atoms with Crippen LogP contribution in [0, 0.1) is 0 Å². The highest BCUT2D eigenvalue weighted by atomic mass is 16.5. The lowest BCUT2D eigenvalue weighted by atomic mass is 9.89. The molecule has 3 rings (SSSR count). The molecule has 1 aromatic carbocycles. The van der Waals surface area contributed by atoms with Crippen LogP contribution in [0.1, 0.15) is 36.2 Å². The molecular formula is C14H16N2O3. The molecule has 1 N–H and O–H groups in total. The number of hydrogen-bond acceptors (Lipinski definition) is 3. The van der Waals surface area contributed by atoms with Gasteiger partial charge in [0.15, 0.2) is 0 Å². The third-order valence-electron chi connectivity index (χ3n) is 3.69. The maximum absolute atomic E-state index is 11.0. The van der Waals surface area contributed by atoms with Crippen molar-refractivity contribution >= 4 is 17.0 Å². The first-order valence-corrected chi connectivity index (χ1v) is 6.50. The molecule has 0 radical (unpaired) electrons. The van der Waals surface area contributed by atoms with E-state index in [0.29, 0.717) is 17.7 Å². The van der Waals surface area contributed by atoms with Crippen LogP contribution in [0.5, 0.6) is 0 Å². The molecule has 0 aliphatic heterocycles. The summed E-state index contributed by atoms with van der Waals surface area (Å²) in [7, 11) is 0. The Kier molecular flexibility index (Phi) is 2.98. The molecule has 0 bridgehead atoms. The average molecular weight is 260 g/mol. The molecule has 1 fully saturated rings. The Hall–Kier alpha value is -1.88. The quantitative estimate of drug-likeness (QED) is 0.917. The van der Waals surface area contributed by atoms with Gasteiger partial charge in [-0.3, -0.25) is 0 Å². The van der Waals surface area contributed by atoms with Gasteiger partial charge in [0, 0.05) is 12.6 Å². The SMILES string of the molecule is CCOC1CC(n2cnc3ccc(C(=O)O)cc32)C1. The van der Waals surface area contributed by atoms with Crippen molar-refractivity contribution in [3.05, 3.63) is 30.1 Å². The highest BCUT2D eigenvalue weighted by Gasteiger charge is 2.31. The van der Waals surface area contributed by atoms with Crippen LogP contribution < -0.4 is 0 Å². The number of carbonyl (C=O) groups is 1. The van der Waals surface area contributed by atoms with Crippen LogP contribution >= 0.6 is 0 Å². The van der Waals surface area contributed by atoms with Crippen molar-refractivity contribution in [1.82, 2.24) is 9.55 Å². The van der Waals surface area contributed by atoms with Gasteiger partial charge < -0.3 is 14.4 Å². The Balaban J connectivity index is 1.88. The van der Waals surface area contributed by atoms with E-state index in [0.717, 1.165) is 30.5 Å². The van der Waals surface area contributed by atoms with Crippen molar-refractivity contribution in [2.75, 3.05) is 6.61 Å². The molecule has 0 amide bonds. The van der Waals surface area contributed by atoms with E-state index in [-0.39, 0.29) is 0 Å². The molecule has 0 unspecified atom stereocenters. The molecular weight excluding hydrogens is 244 g/mol. The number of carboxylic acids is 1. The summed E-state index contributed by atoms with van der Waals surface area (Å²) in [5, 5.41) is 9.04. The van der Waals surface area contributed by atoms with Gasteiger partial charge in [0.1, 0.15) is 0 Å². The molecule has 1 heterocycles. The van der Waals surface area contributed by atoms with Crippen molar-refractivity contribution in [2.24, 2.45) is 0 Å². The van der Waals surface area contributed by atoms with E-state index in [9.17, 15) is 4.79 Å². The van der Waals surface area contributed by atoms with Gasteiger partial charge in [-0.05, 0) is 38.0 Å². The molecule has 100 valence electrons. The van der Waals surface area contributed by atoms with E-state index < -0.39 is 5.97 Å². The number of aromatic carboxylic acids is 1. The van der Waals surface area contributed by atoms with Crippen molar-refractivity contribution in [2.45, 2.75) is 31.9 Å². The zero-order valence-electron chi connectivity index (χ0n) is 10.7. The minimum absolute atomic E-state index is 0.301. The second-order valence-electron chi connectivity index (χ2n) is 4.86. The predicted octanol–water partition coefficient (Wildman–Crippen LogP) is 2.47. The molecule has 2 aromatic rings. The topological polar surface area (TPSA) is 64.4 Å². The second-order valence-corrected chi connectivity index (χ2v) is 4.86. The zero-order chi connectivity index (χ0) is 13.4. The van der Waals surface area contributed by atoms with Crippen LogP contribution in [-0.4, -0.2) is 33.3 Å². The molecule has 5 nitrogen and oxygen atoms in total. The molecule has 0 spiro atoms. The first-order chi connectivity index (χ1) is 9.19. The van der Waals surface area contributed by atoms with E-state index in [1.807, 2.05) is 6.92 Å². The number of carboxylic acid groups (broad SMARTS) is 1. The minimum Gasteiger partial charge on any atom is -0.478 e. The number of aromatic nitrogens is 2. The van der Waals surface area contributed by atoms with Gasteiger partial charge in [-0.1, -0.05) is 0 Å². The third kappa shape index (κ3) is 2.10. The summed E-state index contributed by atoms with van der Waals surface area (Å²) in [5.41, 5.74) is 2.03. The number of ether oxygens (including phenoxy) is 1. The van der Waals surface area contributed by atoms with Crippen LogP contribution in [-0.2, 0) is 4.74 Å². The second kappa shape index (κ2) is 4.66. The van der Waals surface area contributed by atoms with Crippen molar-refractivity contribution < 1.29 is 14.6 Å². The van der Waals surface area contributed by atoms with Gasteiger partial charge in [-0.15, -0.1) is 0 Å². The number of hydrogen-bond donors (Lipinski definition) is 1. The summed E-state index contributed by atoms with van der Waals surface area (Å²) in [6.07, 6.45) is 4.06. The predicted molar refractivity (Wildman–Crippen MR) is 70.4 cm³/mol. The molecule has 1 aliphatic rings. The van der Waals surface area contributed by atoms with Crippen LogP contribution in [0.25, 0.3) is 11.0 Å². The molecule has 5 heteroatoms. The average Bonchev–Trinajstić information content (AvgIpc) is 2.75. The first kappa shape index (κ1) is 12.2. The van der Waals surface area contributed by atoms with Gasteiger partial charge in [0.05, 0.1) is 29.0 Å². The standard InChI is InChI=1S/C14H16N2O3/c1-2-19-11-6-10(7-11)16-8-15-12-4-3-9(14(17)18)5-13(12)16/h3-5,8,10-11H,2,6-7H2,1H3,(H,17,18). The Morgan fingerprint density at radius 2 is 2.32 bits per heavy atom.